The van der Waals surface area contributed by atoms with Gasteiger partial charge in [-0.1, -0.05) is 27.7 Å². The van der Waals surface area contributed by atoms with E-state index in [-0.39, 0.29) is 36.9 Å². The summed E-state index contributed by atoms with van der Waals surface area (Å²) in [5, 5.41) is 12.2. The van der Waals surface area contributed by atoms with Crippen LogP contribution in [0.5, 0.6) is 0 Å². The maximum atomic E-state index is 12.3. The topological polar surface area (TPSA) is 75.6 Å². The third kappa shape index (κ3) is 3.26. The summed E-state index contributed by atoms with van der Waals surface area (Å²) in [5.41, 5.74) is -1.03. The fourth-order valence-electron chi connectivity index (χ4n) is 2.73. The van der Waals surface area contributed by atoms with Gasteiger partial charge in [0.25, 0.3) is 0 Å². The lowest BCUT2D eigenvalue weighted by Gasteiger charge is -2.30. The van der Waals surface area contributed by atoms with Gasteiger partial charge >= 0.3 is 5.97 Å². The van der Waals surface area contributed by atoms with Crippen molar-refractivity contribution >= 4 is 11.9 Å². The number of nitrogens with one attached hydrogen (secondary N) is 1. The van der Waals surface area contributed by atoms with Crippen LogP contribution in [-0.4, -0.2) is 36.2 Å². The van der Waals surface area contributed by atoms with Crippen LogP contribution in [0.2, 0.25) is 0 Å². The number of hydrogen-bond acceptors (Lipinski definition) is 3. The molecule has 5 nitrogen and oxygen atoms in total. The molecule has 1 aliphatic rings. The molecule has 0 spiro atoms. The molecule has 1 aliphatic heterocycles. The Balaban J connectivity index is 2.78. The average Bonchev–Trinajstić information content (AvgIpc) is 2.60. The second-order valence-corrected chi connectivity index (χ2v) is 6.31. The van der Waals surface area contributed by atoms with Gasteiger partial charge in [0, 0.05) is 5.92 Å². The van der Waals surface area contributed by atoms with Crippen molar-refractivity contribution in [3.05, 3.63) is 0 Å². The lowest BCUT2D eigenvalue weighted by atomic mass is 9.82. The van der Waals surface area contributed by atoms with Gasteiger partial charge in [0.15, 0.2) is 0 Å². The highest BCUT2D eigenvalue weighted by Crippen LogP contribution is 2.30. The third-order valence-corrected chi connectivity index (χ3v) is 4.00. The van der Waals surface area contributed by atoms with Crippen molar-refractivity contribution < 1.29 is 19.4 Å². The molecule has 2 atom stereocenters. The summed E-state index contributed by atoms with van der Waals surface area (Å²) < 4.78 is 5.24. The largest absolute Gasteiger partial charge is 0.481 e. The summed E-state index contributed by atoms with van der Waals surface area (Å²) in [4.78, 5) is 23.7. The van der Waals surface area contributed by atoms with E-state index in [0.29, 0.717) is 0 Å². The SMILES string of the molecule is CC(C)C(C(=O)NC1COCC1(C)C(=O)O)C(C)C. The van der Waals surface area contributed by atoms with E-state index in [1.54, 1.807) is 6.92 Å². The Morgan fingerprint density at radius 3 is 2.21 bits per heavy atom. The Hall–Kier alpha value is -1.10. The summed E-state index contributed by atoms with van der Waals surface area (Å²) in [5.74, 6) is -0.677. The van der Waals surface area contributed by atoms with Crippen LogP contribution in [0.1, 0.15) is 34.6 Å². The molecule has 2 N–H and O–H groups in total. The third-order valence-electron chi connectivity index (χ3n) is 4.00. The number of ether oxygens (including phenoxy) is 1. The highest BCUT2D eigenvalue weighted by atomic mass is 16.5. The standard InChI is InChI=1S/C14H25NO4/c1-8(2)11(9(3)4)12(16)15-10-6-19-7-14(10,5)13(17)18/h8-11H,6-7H2,1-5H3,(H,15,16)(H,17,18). The van der Waals surface area contributed by atoms with Gasteiger partial charge in [0.2, 0.25) is 5.91 Å². The van der Waals surface area contributed by atoms with Crippen LogP contribution < -0.4 is 5.32 Å². The molecular formula is C14H25NO4. The maximum Gasteiger partial charge on any atom is 0.313 e. The van der Waals surface area contributed by atoms with E-state index >= 15 is 0 Å². The lowest BCUT2D eigenvalue weighted by Crippen LogP contribution is -2.52. The van der Waals surface area contributed by atoms with Crippen LogP contribution in [0.25, 0.3) is 0 Å². The lowest BCUT2D eigenvalue weighted by molar-refractivity contribution is -0.149. The van der Waals surface area contributed by atoms with Gasteiger partial charge < -0.3 is 15.2 Å². The number of aliphatic carboxylic acids is 1. The molecule has 0 aromatic rings. The van der Waals surface area contributed by atoms with Crippen LogP contribution in [0.3, 0.4) is 0 Å². The Morgan fingerprint density at radius 1 is 1.26 bits per heavy atom. The number of amides is 1. The smallest absolute Gasteiger partial charge is 0.313 e. The van der Waals surface area contributed by atoms with Crippen molar-refractivity contribution in [2.24, 2.45) is 23.2 Å². The number of carboxylic acids is 1. The molecule has 0 aliphatic carbocycles. The first-order valence-electron chi connectivity index (χ1n) is 6.81. The van der Waals surface area contributed by atoms with Crippen molar-refractivity contribution in [1.82, 2.24) is 5.32 Å². The second kappa shape index (κ2) is 5.90. The molecule has 0 aromatic carbocycles. The Kier molecular flexibility index (Phi) is 4.96. The highest BCUT2D eigenvalue weighted by molar-refractivity contribution is 5.82. The molecule has 1 saturated heterocycles. The number of carbonyl (C=O) groups is 2. The first kappa shape index (κ1) is 16.0. The van der Waals surface area contributed by atoms with Gasteiger partial charge in [-0.3, -0.25) is 9.59 Å². The normalized spacial score (nSPS) is 27.3. The van der Waals surface area contributed by atoms with Gasteiger partial charge in [-0.15, -0.1) is 0 Å². The predicted octanol–water partition coefficient (Wildman–Crippen LogP) is 1.52. The van der Waals surface area contributed by atoms with E-state index in [1.807, 2.05) is 27.7 Å². The van der Waals surface area contributed by atoms with E-state index in [1.165, 1.54) is 0 Å². The summed E-state index contributed by atoms with van der Waals surface area (Å²) in [7, 11) is 0. The first-order valence-corrected chi connectivity index (χ1v) is 6.81. The van der Waals surface area contributed by atoms with E-state index in [4.69, 9.17) is 4.74 Å². The second-order valence-electron chi connectivity index (χ2n) is 6.31. The van der Waals surface area contributed by atoms with Crippen LogP contribution >= 0.6 is 0 Å². The van der Waals surface area contributed by atoms with Gasteiger partial charge in [-0.25, -0.2) is 0 Å². The van der Waals surface area contributed by atoms with Crippen molar-refractivity contribution in [3.63, 3.8) is 0 Å². The summed E-state index contributed by atoms with van der Waals surface area (Å²) in [6.07, 6.45) is 0. The van der Waals surface area contributed by atoms with Gasteiger partial charge in [-0.2, -0.15) is 0 Å². The molecule has 0 saturated carbocycles. The average molecular weight is 271 g/mol. The summed E-state index contributed by atoms with van der Waals surface area (Å²) in [6, 6.07) is -0.461. The van der Waals surface area contributed by atoms with E-state index in [0.717, 1.165) is 0 Å². The van der Waals surface area contributed by atoms with Crippen LogP contribution in [-0.2, 0) is 14.3 Å². The quantitative estimate of drug-likeness (QED) is 0.795. The van der Waals surface area contributed by atoms with Crippen molar-refractivity contribution in [2.45, 2.75) is 40.7 Å². The molecule has 1 heterocycles. The van der Waals surface area contributed by atoms with Gasteiger partial charge in [-0.05, 0) is 18.8 Å². The number of carbonyl (C=O) groups excluding carboxylic acids is 1. The Bertz CT molecular complexity index is 345. The summed E-state index contributed by atoms with van der Waals surface area (Å²) in [6.45, 7) is 10.0. The number of rotatable bonds is 5. The van der Waals surface area contributed by atoms with Crippen LogP contribution in [0, 0.1) is 23.2 Å². The fraction of sp³-hybridized carbons (Fsp3) is 0.857. The van der Waals surface area contributed by atoms with Gasteiger partial charge in [0.05, 0.1) is 19.3 Å². The first-order chi connectivity index (χ1) is 8.70. The molecule has 0 aromatic heterocycles. The predicted molar refractivity (Wildman–Crippen MR) is 71.7 cm³/mol. The van der Waals surface area contributed by atoms with Crippen LogP contribution in [0.15, 0.2) is 0 Å². The summed E-state index contributed by atoms with van der Waals surface area (Å²) >= 11 is 0. The minimum atomic E-state index is -1.03. The molecule has 0 radical (unpaired) electrons. The highest BCUT2D eigenvalue weighted by Gasteiger charge is 2.48. The molecule has 1 rings (SSSR count). The van der Waals surface area contributed by atoms with Crippen molar-refractivity contribution in [1.29, 1.82) is 0 Å². The Morgan fingerprint density at radius 2 is 1.79 bits per heavy atom. The molecule has 1 fully saturated rings. The maximum absolute atomic E-state index is 12.3. The van der Waals surface area contributed by atoms with E-state index in [9.17, 15) is 14.7 Å². The number of carboxylic acid groups (broad SMARTS) is 1. The van der Waals surface area contributed by atoms with Crippen LogP contribution in [0.4, 0.5) is 0 Å². The molecule has 2 unspecified atom stereocenters. The zero-order chi connectivity index (χ0) is 14.8. The minimum Gasteiger partial charge on any atom is -0.481 e. The Labute approximate surface area is 114 Å². The van der Waals surface area contributed by atoms with E-state index < -0.39 is 17.4 Å². The molecule has 19 heavy (non-hydrogen) atoms. The van der Waals surface area contributed by atoms with Crippen molar-refractivity contribution in [3.8, 4) is 0 Å². The fourth-order valence-corrected chi connectivity index (χ4v) is 2.73. The van der Waals surface area contributed by atoms with Gasteiger partial charge in [0.1, 0.15) is 5.41 Å². The number of hydrogen-bond donors (Lipinski definition) is 2. The molecule has 5 heteroatoms. The van der Waals surface area contributed by atoms with E-state index in [2.05, 4.69) is 5.32 Å². The monoisotopic (exact) mass is 271 g/mol. The molecular weight excluding hydrogens is 246 g/mol. The zero-order valence-electron chi connectivity index (χ0n) is 12.4. The molecule has 0 bridgehead atoms. The minimum absolute atomic E-state index is 0.0759. The van der Waals surface area contributed by atoms with Crippen molar-refractivity contribution in [2.75, 3.05) is 13.2 Å². The molecule has 1 amide bonds. The molecule has 110 valence electrons. The zero-order valence-corrected chi connectivity index (χ0v) is 12.4.